The quantitative estimate of drug-likeness (QED) is 0.444. The number of aromatic nitrogens is 1. The van der Waals surface area contributed by atoms with E-state index in [-0.39, 0.29) is 5.91 Å². The van der Waals surface area contributed by atoms with Crippen molar-refractivity contribution in [3.8, 4) is 11.5 Å². The number of fused-ring (bicyclic) bond motifs is 1. The van der Waals surface area contributed by atoms with Crippen molar-refractivity contribution < 1.29 is 19.0 Å². The highest BCUT2D eigenvalue weighted by Crippen LogP contribution is 2.31. The van der Waals surface area contributed by atoms with Gasteiger partial charge in [-0.2, -0.15) is 0 Å². The highest BCUT2D eigenvalue weighted by molar-refractivity contribution is 5.86. The van der Waals surface area contributed by atoms with Crippen molar-refractivity contribution in [1.29, 1.82) is 0 Å². The summed E-state index contributed by atoms with van der Waals surface area (Å²) in [5.74, 6) is 1.74. The fraction of sp³-hybridized carbons (Fsp3) is 0.407. The van der Waals surface area contributed by atoms with E-state index < -0.39 is 0 Å². The summed E-state index contributed by atoms with van der Waals surface area (Å²) in [4.78, 5) is 19.3. The maximum Gasteiger partial charge on any atom is 0.227 e. The maximum atomic E-state index is 12.6. The molecular formula is C27H32N2O4. The molecule has 1 aromatic heterocycles. The Balaban J connectivity index is 1.47. The summed E-state index contributed by atoms with van der Waals surface area (Å²) in [6, 6.07) is 15.8. The van der Waals surface area contributed by atoms with Gasteiger partial charge in [0, 0.05) is 24.0 Å². The van der Waals surface area contributed by atoms with E-state index in [2.05, 4.69) is 13.0 Å². The van der Waals surface area contributed by atoms with Crippen LogP contribution in [-0.2, 0) is 22.6 Å². The van der Waals surface area contributed by atoms with Crippen LogP contribution in [-0.4, -0.2) is 48.7 Å². The van der Waals surface area contributed by atoms with Gasteiger partial charge in [-0.1, -0.05) is 37.6 Å². The number of nitrogens with zero attached hydrogens (tertiary/aromatic N) is 2. The van der Waals surface area contributed by atoms with Gasteiger partial charge in [0.1, 0.15) is 18.1 Å². The van der Waals surface area contributed by atoms with Crippen LogP contribution in [0.2, 0.25) is 0 Å². The molecule has 2 heterocycles. The number of pyridine rings is 1. The number of carbonyl (C=O) groups is 1. The van der Waals surface area contributed by atoms with Gasteiger partial charge in [-0.05, 0) is 43.2 Å². The minimum Gasteiger partial charge on any atom is -0.493 e. The van der Waals surface area contributed by atoms with Gasteiger partial charge in [0.2, 0.25) is 5.91 Å². The third kappa shape index (κ3) is 5.82. The Morgan fingerprint density at radius 2 is 1.91 bits per heavy atom. The lowest BCUT2D eigenvalue weighted by Crippen LogP contribution is -2.41. The van der Waals surface area contributed by atoms with E-state index in [1.165, 1.54) is 0 Å². The van der Waals surface area contributed by atoms with Gasteiger partial charge in [-0.15, -0.1) is 0 Å². The van der Waals surface area contributed by atoms with E-state index in [0.717, 1.165) is 52.1 Å². The van der Waals surface area contributed by atoms with Gasteiger partial charge in [0.25, 0.3) is 0 Å². The van der Waals surface area contributed by atoms with Gasteiger partial charge in [0.05, 0.1) is 37.5 Å². The van der Waals surface area contributed by atoms with Crippen LogP contribution in [0.4, 0.5) is 0 Å². The van der Waals surface area contributed by atoms with Crippen LogP contribution in [0.3, 0.4) is 0 Å². The second kappa shape index (κ2) is 11.1. The molecule has 0 spiro atoms. The number of ether oxygens (including phenoxy) is 3. The molecule has 0 saturated carbocycles. The summed E-state index contributed by atoms with van der Waals surface area (Å²) >= 11 is 0. The largest absolute Gasteiger partial charge is 0.493 e. The van der Waals surface area contributed by atoms with Gasteiger partial charge in [-0.3, -0.25) is 4.79 Å². The number of unbranched alkanes of at least 4 members (excludes halogenated alkanes) is 1. The molecule has 0 aliphatic carbocycles. The SMILES string of the molecule is CCCCOc1c(C)c(COc2cccc(CC(=O)N3CCOCC3)c2)nc2ccccc12. The highest BCUT2D eigenvalue weighted by atomic mass is 16.5. The molecule has 0 atom stereocenters. The van der Waals surface area contributed by atoms with Crippen LogP contribution >= 0.6 is 0 Å². The summed E-state index contributed by atoms with van der Waals surface area (Å²) in [6.07, 6.45) is 2.46. The van der Waals surface area contributed by atoms with E-state index in [4.69, 9.17) is 19.2 Å². The van der Waals surface area contributed by atoms with Crippen molar-refractivity contribution in [2.45, 2.75) is 39.7 Å². The lowest BCUT2D eigenvalue weighted by Gasteiger charge is -2.26. The van der Waals surface area contributed by atoms with Gasteiger partial charge >= 0.3 is 0 Å². The number of benzene rings is 2. The summed E-state index contributed by atoms with van der Waals surface area (Å²) in [5, 5.41) is 1.03. The zero-order chi connectivity index (χ0) is 23.0. The van der Waals surface area contributed by atoms with Crippen molar-refractivity contribution in [1.82, 2.24) is 9.88 Å². The molecule has 2 aromatic carbocycles. The van der Waals surface area contributed by atoms with Crippen molar-refractivity contribution >= 4 is 16.8 Å². The molecule has 6 heteroatoms. The minimum absolute atomic E-state index is 0.122. The Morgan fingerprint density at radius 3 is 2.73 bits per heavy atom. The number of hydrogen-bond acceptors (Lipinski definition) is 5. The van der Waals surface area contributed by atoms with Crippen LogP contribution in [0.15, 0.2) is 48.5 Å². The monoisotopic (exact) mass is 448 g/mol. The normalized spacial score (nSPS) is 13.8. The van der Waals surface area contributed by atoms with Crippen molar-refractivity contribution in [3.05, 3.63) is 65.4 Å². The number of para-hydroxylation sites is 1. The molecule has 0 unspecified atom stereocenters. The third-order valence-corrected chi connectivity index (χ3v) is 5.91. The Labute approximate surface area is 195 Å². The van der Waals surface area contributed by atoms with E-state index in [1.54, 1.807) is 0 Å². The maximum absolute atomic E-state index is 12.6. The van der Waals surface area contributed by atoms with Crippen LogP contribution in [0.1, 0.15) is 36.6 Å². The molecule has 0 radical (unpaired) electrons. The van der Waals surface area contributed by atoms with E-state index in [9.17, 15) is 4.79 Å². The number of hydrogen-bond donors (Lipinski definition) is 0. The van der Waals surface area contributed by atoms with Crippen LogP contribution in [0, 0.1) is 6.92 Å². The summed E-state index contributed by atoms with van der Waals surface area (Å²) in [5.41, 5.74) is 3.70. The number of amides is 1. The Kier molecular flexibility index (Phi) is 7.79. The van der Waals surface area contributed by atoms with Crippen molar-refractivity contribution in [2.75, 3.05) is 32.9 Å². The van der Waals surface area contributed by atoms with Gasteiger partial charge in [0.15, 0.2) is 0 Å². The molecule has 0 N–H and O–H groups in total. The van der Waals surface area contributed by atoms with Crippen molar-refractivity contribution in [2.24, 2.45) is 0 Å². The summed E-state index contributed by atoms with van der Waals surface area (Å²) < 4.78 is 17.6. The number of morpholine rings is 1. The fourth-order valence-electron chi connectivity index (χ4n) is 3.97. The molecule has 6 nitrogen and oxygen atoms in total. The first-order chi connectivity index (χ1) is 16.2. The van der Waals surface area contributed by atoms with E-state index in [0.29, 0.717) is 45.9 Å². The van der Waals surface area contributed by atoms with Crippen LogP contribution in [0.25, 0.3) is 10.9 Å². The molecule has 33 heavy (non-hydrogen) atoms. The molecule has 0 bridgehead atoms. The molecule has 1 aliphatic heterocycles. The predicted molar refractivity (Wildman–Crippen MR) is 129 cm³/mol. The average Bonchev–Trinajstić information content (AvgIpc) is 2.85. The zero-order valence-electron chi connectivity index (χ0n) is 19.5. The predicted octanol–water partition coefficient (Wildman–Crippen LogP) is 4.70. The van der Waals surface area contributed by atoms with E-state index in [1.807, 2.05) is 54.3 Å². The van der Waals surface area contributed by atoms with E-state index >= 15 is 0 Å². The highest BCUT2D eigenvalue weighted by Gasteiger charge is 2.17. The lowest BCUT2D eigenvalue weighted by atomic mass is 10.1. The Morgan fingerprint density at radius 1 is 1.09 bits per heavy atom. The summed E-state index contributed by atoms with van der Waals surface area (Å²) in [6.45, 7) is 7.75. The summed E-state index contributed by atoms with van der Waals surface area (Å²) in [7, 11) is 0. The molecule has 174 valence electrons. The first-order valence-corrected chi connectivity index (χ1v) is 11.7. The second-order valence-corrected chi connectivity index (χ2v) is 8.34. The fourth-order valence-corrected chi connectivity index (χ4v) is 3.97. The van der Waals surface area contributed by atoms with Crippen LogP contribution in [0.5, 0.6) is 11.5 Å². The lowest BCUT2D eigenvalue weighted by molar-refractivity contribution is -0.134. The molecule has 4 rings (SSSR count). The van der Waals surface area contributed by atoms with Crippen LogP contribution < -0.4 is 9.47 Å². The molecule has 1 fully saturated rings. The molecule has 1 aliphatic rings. The zero-order valence-corrected chi connectivity index (χ0v) is 19.5. The Bertz CT molecular complexity index is 1090. The molecule has 3 aromatic rings. The number of carbonyl (C=O) groups excluding carboxylic acids is 1. The standard InChI is InChI=1S/C27H32N2O4/c1-3-4-14-32-27-20(2)25(28-24-11-6-5-10-23(24)27)19-33-22-9-7-8-21(17-22)18-26(30)29-12-15-31-16-13-29/h5-11,17H,3-4,12-16,18-19H2,1-2H3. The minimum atomic E-state index is 0.122. The average molecular weight is 449 g/mol. The van der Waals surface area contributed by atoms with Gasteiger partial charge in [-0.25, -0.2) is 4.98 Å². The Hall–Kier alpha value is -3.12. The van der Waals surface area contributed by atoms with Crippen molar-refractivity contribution in [3.63, 3.8) is 0 Å². The number of rotatable bonds is 9. The second-order valence-electron chi connectivity index (χ2n) is 8.34. The topological polar surface area (TPSA) is 60.9 Å². The molecule has 1 amide bonds. The third-order valence-electron chi connectivity index (χ3n) is 5.91. The first-order valence-electron chi connectivity index (χ1n) is 11.7. The van der Waals surface area contributed by atoms with Gasteiger partial charge < -0.3 is 19.1 Å². The molecule has 1 saturated heterocycles. The smallest absolute Gasteiger partial charge is 0.227 e. The molecular weight excluding hydrogens is 416 g/mol. The first kappa shape index (κ1) is 23.1.